The summed E-state index contributed by atoms with van der Waals surface area (Å²) in [5.41, 5.74) is 1.68. The zero-order valence-corrected chi connectivity index (χ0v) is 12.7. The summed E-state index contributed by atoms with van der Waals surface area (Å²) in [5, 5.41) is 11.1. The number of benzene rings is 1. The molecule has 3 rings (SSSR count). The van der Waals surface area contributed by atoms with E-state index in [1.807, 2.05) is 24.4 Å². The van der Waals surface area contributed by atoms with Gasteiger partial charge in [-0.15, -0.1) is 0 Å². The van der Waals surface area contributed by atoms with Gasteiger partial charge in [0.05, 0.1) is 6.54 Å². The molecule has 0 aliphatic heterocycles. The molecule has 0 saturated heterocycles. The molecule has 2 aromatic heterocycles. The SMILES string of the molecule is O=C(NCCn1cncn1)c1ccn(CCc2ccccc2)n1. The summed E-state index contributed by atoms with van der Waals surface area (Å²) in [6, 6.07) is 11.9. The van der Waals surface area contributed by atoms with Crippen LogP contribution in [0.1, 0.15) is 16.1 Å². The summed E-state index contributed by atoms with van der Waals surface area (Å²) in [4.78, 5) is 15.9. The molecule has 7 nitrogen and oxygen atoms in total. The average molecular weight is 310 g/mol. The third kappa shape index (κ3) is 4.26. The molecular formula is C16H18N6O. The van der Waals surface area contributed by atoms with E-state index in [1.54, 1.807) is 21.8 Å². The third-order valence-electron chi connectivity index (χ3n) is 3.44. The summed E-state index contributed by atoms with van der Waals surface area (Å²) >= 11 is 0. The lowest BCUT2D eigenvalue weighted by Crippen LogP contribution is -2.27. The first-order chi connectivity index (χ1) is 11.3. The van der Waals surface area contributed by atoms with E-state index in [-0.39, 0.29) is 5.91 Å². The van der Waals surface area contributed by atoms with E-state index < -0.39 is 0 Å². The van der Waals surface area contributed by atoms with Crippen molar-refractivity contribution in [3.8, 4) is 0 Å². The second-order valence-electron chi connectivity index (χ2n) is 5.11. The summed E-state index contributed by atoms with van der Waals surface area (Å²) in [6.07, 6.45) is 5.80. The predicted molar refractivity (Wildman–Crippen MR) is 84.7 cm³/mol. The van der Waals surface area contributed by atoms with Crippen molar-refractivity contribution in [3.63, 3.8) is 0 Å². The minimum Gasteiger partial charge on any atom is -0.349 e. The highest BCUT2D eigenvalue weighted by Crippen LogP contribution is 2.02. The molecule has 0 aliphatic rings. The second kappa shape index (κ2) is 7.35. The molecule has 0 atom stereocenters. The van der Waals surface area contributed by atoms with Crippen LogP contribution in [0.25, 0.3) is 0 Å². The fourth-order valence-corrected chi connectivity index (χ4v) is 2.22. The van der Waals surface area contributed by atoms with E-state index in [9.17, 15) is 4.79 Å². The van der Waals surface area contributed by atoms with Gasteiger partial charge in [0.15, 0.2) is 0 Å². The Labute approximate surface area is 134 Å². The molecule has 0 aliphatic carbocycles. The number of amides is 1. The number of nitrogens with one attached hydrogen (secondary N) is 1. The fraction of sp³-hybridized carbons (Fsp3) is 0.250. The van der Waals surface area contributed by atoms with Crippen molar-refractivity contribution in [1.82, 2.24) is 29.9 Å². The first-order valence-corrected chi connectivity index (χ1v) is 7.49. The molecule has 3 aromatic rings. The summed E-state index contributed by atoms with van der Waals surface area (Å²) in [7, 11) is 0. The van der Waals surface area contributed by atoms with Crippen LogP contribution in [0.5, 0.6) is 0 Å². The minimum atomic E-state index is -0.177. The Morgan fingerprint density at radius 1 is 1.09 bits per heavy atom. The van der Waals surface area contributed by atoms with Gasteiger partial charge < -0.3 is 5.32 Å². The van der Waals surface area contributed by atoms with Crippen molar-refractivity contribution >= 4 is 5.91 Å². The van der Waals surface area contributed by atoms with Gasteiger partial charge >= 0.3 is 0 Å². The average Bonchev–Trinajstić information content (AvgIpc) is 3.25. The van der Waals surface area contributed by atoms with Crippen molar-refractivity contribution in [2.24, 2.45) is 0 Å². The largest absolute Gasteiger partial charge is 0.349 e. The number of rotatable bonds is 7. The molecule has 0 bridgehead atoms. The van der Waals surface area contributed by atoms with Gasteiger partial charge in [0.25, 0.3) is 5.91 Å². The van der Waals surface area contributed by atoms with Crippen molar-refractivity contribution in [2.75, 3.05) is 6.54 Å². The summed E-state index contributed by atoms with van der Waals surface area (Å²) < 4.78 is 3.46. The summed E-state index contributed by atoms with van der Waals surface area (Å²) in [6.45, 7) is 1.82. The molecule has 7 heteroatoms. The quantitative estimate of drug-likeness (QED) is 0.710. The fourth-order valence-electron chi connectivity index (χ4n) is 2.22. The maximum absolute atomic E-state index is 12.0. The molecule has 1 amide bonds. The molecule has 0 fully saturated rings. The van der Waals surface area contributed by atoms with Crippen LogP contribution in [0.4, 0.5) is 0 Å². The van der Waals surface area contributed by atoms with Gasteiger partial charge in [0, 0.05) is 19.3 Å². The number of hydrogen-bond acceptors (Lipinski definition) is 4. The molecule has 1 N–H and O–H groups in total. The summed E-state index contributed by atoms with van der Waals surface area (Å²) in [5.74, 6) is -0.177. The topological polar surface area (TPSA) is 77.6 Å². The molecule has 0 spiro atoms. The normalized spacial score (nSPS) is 10.6. The number of nitrogens with zero attached hydrogens (tertiary/aromatic N) is 5. The minimum absolute atomic E-state index is 0.177. The predicted octanol–water partition coefficient (Wildman–Crippen LogP) is 1.15. The lowest BCUT2D eigenvalue weighted by atomic mass is 10.2. The Morgan fingerprint density at radius 3 is 2.74 bits per heavy atom. The smallest absolute Gasteiger partial charge is 0.271 e. The Morgan fingerprint density at radius 2 is 1.96 bits per heavy atom. The molecule has 2 heterocycles. The van der Waals surface area contributed by atoms with E-state index in [0.717, 1.165) is 13.0 Å². The number of aromatic nitrogens is 5. The Hall–Kier alpha value is -2.96. The lowest BCUT2D eigenvalue weighted by Gasteiger charge is -2.03. The Kier molecular flexibility index (Phi) is 4.78. The second-order valence-corrected chi connectivity index (χ2v) is 5.11. The monoisotopic (exact) mass is 310 g/mol. The number of carbonyl (C=O) groups is 1. The van der Waals surface area contributed by atoms with Crippen LogP contribution in [0, 0.1) is 0 Å². The first kappa shape index (κ1) is 15.0. The molecule has 0 unspecified atom stereocenters. The van der Waals surface area contributed by atoms with Crippen molar-refractivity contribution in [3.05, 3.63) is 66.5 Å². The zero-order chi connectivity index (χ0) is 15.9. The van der Waals surface area contributed by atoms with Gasteiger partial charge in [-0.2, -0.15) is 10.2 Å². The van der Waals surface area contributed by atoms with E-state index in [1.165, 1.54) is 11.9 Å². The van der Waals surface area contributed by atoms with E-state index in [2.05, 4.69) is 32.6 Å². The van der Waals surface area contributed by atoms with Gasteiger partial charge in [0.1, 0.15) is 18.3 Å². The van der Waals surface area contributed by atoms with Gasteiger partial charge in [0.2, 0.25) is 0 Å². The molecule has 23 heavy (non-hydrogen) atoms. The highest BCUT2D eigenvalue weighted by atomic mass is 16.1. The van der Waals surface area contributed by atoms with Crippen LogP contribution in [0.2, 0.25) is 0 Å². The lowest BCUT2D eigenvalue weighted by molar-refractivity contribution is 0.0946. The highest BCUT2D eigenvalue weighted by Gasteiger charge is 2.08. The van der Waals surface area contributed by atoms with Crippen LogP contribution < -0.4 is 5.32 Å². The molecule has 118 valence electrons. The van der Waals surface area contributed by atoms with E-state index >= 15 is 0 Å². The van der Waals surface area contributed by atoms with Crippen LogP contribution in [0.3, 0.4) is 0 Å². The van der Waals surface area contributed by atoms with Crippen LogP contribution in [-0.2, 0) is 19.5 Å². The number of hydrogen-bond donors (Lipinski definition) is 1. The Bertz CT molecular complexity index is 735. The third-order valence-corrected chi connectivity index (χ3v) is 3.44. The zero-order valence-electron chi connectivity index (χ0n) is 12.7. The molecular weight excluding hydrogens is 292 g/mol. The standard InChI is InChI=1S/C16H18N6O/c23-16(18-8-11-22-13-17-12-19-22)15-7-10-21(20-15)9-6-14-4-2-1-3-5-14/h1-5,7,10,12-13H,6,8-9,11H2,(H,18,23). The van der Waals surface area contributed by atoms with Crippen molar-refractivity contribution in [2.45, 2.75) is 19.5 Å². The van der Waals surface area contributed by atoms with E-state index in [4.69, 9.17) is 0 Å². The number of carbonyl (C=O) groups excluding carboxylic acids is 1. The van der Waals surface area contributed by atoms with Crippen LogP contribution in [-0.4, -0.2) is 37.0 Å². The maximum Gasteiger partial charge on any atom is 0.271 e. The first-order valence-electron chi connectivity index (χ1n) is 7.49. The van der Waals surface area contributed by atoms with Gasteiger partial charge in [-0.05, 0) is 18.1 Å². The van der Waals surface area contributed by atoms with Gasteiger partial charge in [-0.1, -0.05) is 30.3 Å². The van der Waals surface area contributed by atoms with Gasteiger partial charge in [-0.25, -0.2) is 4.98 Å². The van der Waals surface area contributed by atoms with Crippen molar-refractivity contribution in [1.29, 1.82) is 0 Å². The molecule has 1 aromatic carbocycles. The van der Waals surface area contributed by atoms with Crippen molar-refractivity contribution < 1.29 is 4.79 Å². The number of aryl methyl sites for hydroxylation is 2. The highest BCUT2D eigenvalue weighted by molar-refractivity contribution is 5.92. The molecule has 0 radical (unpaired) electrons. The van der Waals surface area contributed by atoms with Gasteiger partial charge in [-0.3, -0.25) is 14.2 Å². The van der Waals surface area contributed by atoms with Crippen LogP contribution in [0.15, 0.2) is 55.2 Å². The maximum atomic E-state index is 12.0. The molecule has 0 saturated carbocycles. The Balaban J connectivity index is 1.47. The van der Waals surface area contributed by atoms with Crippen LogP contribution >= 0.6 is 0 Å². The van der Waals surface area contributed by atoms with E-state index in [0.29, 0.717) is 18.8 Å².